The number of hydrogen-bond acceptors (Lipinski definition) is 5. The molecule has 32 heavy (non-hydrogen) atoms. The molecule has 1 aliphatic carbocycles. The maximum atomic E-state index is 13.1. The van der Waals surface area contributed by atoms with Crippen molar-refractivity contribution < 1.29 is 17.6 Å². The molecule has 9 heteroatoms. The topological polar surface area (TPSA) is 102 Å². The maximum absolute atomic E-state index is 13.1. The van der Waals surface area contributed by atoms with Gasteiger partial charge in [0.25, 0.3) is 0 Å². The van der Waals surface area contributed by atoms with Gasteiger partial charge in [0.2, 0.25) is 15.9 Å². The van der Waals surface area contributed by atoms with E-state index in [1.54, 1.807) is 6.07 Å². The third-order valence-electron chi connectivity index (χ3n) is 7.20. The molecule has 0 spiro atoms. The Morgan fingerprint density at radius 3 is 2.53 bits per heavy atom. The van der Waals surface area contributed by atoms with Crippen LogP contribution in [0.15, 0.2) is 32.3 Å². The first-order valence-electron chi connectivity index (χ1n) is 11.7. The zero-order valence-corrected chi connectivity index (χ0v) is 19.7. The van der Waals surface area contributed by atoms with Gasteiger partial charge < -0.3 is 9.73 Å². The SMILES string of the molecule is CC1CCCC(NC(=O)Cn2c(=O)oc3cc(S(=O)(=O)N4CCCCCC4)ccc32)C1C. The molecule has 1 aliphatic heterocycles. The van der Waals surface area contributed by atoms with E-state index in [0.717, 1.165) is 38.5 Å². The molecular formula is C23H33N3O5S. The molecule has 3 atom stereocenters. The number of benzene rings is 1. The van der Waals surface area contributed by atoms with Gasteiger partial charge in [0.15, 0.2) is 5.58 Å². The number of amides is 1. The number of sulfonamides is 1. The van der Waals surface area contributed by atoms with Gasteiger partial charge in [0.1, 0.15) is 6.54 Å². The monoisotopic (exact) mass is 463 g/mol. The molecule has 2 heterocycles. The van der Waals surface area contributed by atoms with Crippen molar-refractivity contribution in [3.63, 3.8) is 0 Å². The van der Waals surface area contributed by atoms with Crippen LogP contribution in [0.4, 0.5) is 0 Å². The maximum Gasteiger partial charge on any atom is 0.420 e. The highest BCUT2D eigenvalue weighted by atomic mass is 32.2. The molecule has 4 rings (SSSR count). The van der Waals surface area contributed by atoms with Gasteiger partial charge in [-0.1, -0.05) is 39.5 Å². The molecule has 0 radical (unpaired) electrons. The van der Waals surface area contributed by atoms with Gasteiger partial charge in [-0.25, -0.2) is 13.2 Å². The summed E-state index contributed by atoms with van der Waals surface area (Å²) in [7, 11) is -3.65. The molecule has 1 saturated heterocycles. The molecule has 1 N–H and O–H groups in total. The fraction of sp³-hybridized carbons (Fsp3) is 0.652. The summed E-state index contributed by atoms with van der Waals surface area (Å²) in [5, 5.41) is 3.07. The minimum absolute atomic E-state index is 0.102. The fourth-order valence-electron chi connectivity index (χ4n) is 4.97. The van der Waals surface area contributed by atoms with Crippen LogP contribution >= 0.6 is 0 Å². The highest BCUT2D eigenvalue weighted by Crippen LogP contribution is 2.29. The van der Waals surface area contributed by atoms with Crippen LogP contribution in [-0.4, -0.2) is 42.3 Å². The zero-order valence-electron chi connectivity index (χ0n) is 18.9. The predicted molar refractivity (Wildman–Crippen MR) is 122 cm³/mol. The first-order valence-corrected chi connectivity index (χ1v) is 13.1. The number of fused-ring (bicyclic) bond motifs is 1. The van der Waals surface area contributed by atoms with Crippen LogP contribution < -0.4 is 11.1 Å². The quantitative estimate of drug-likeness (QED) is 0.734. The van der Waals surface area contributed by atoms with Gasteiger partial charge in [-0.15, -0.1) is 0 Å². The molecule has 2 fully saturated rings. The van der Waals surface area contributed by atoms with Gasteiger partial charge in [-0.3, -0.25) is 9.36 Å². The van der Waals surface area contributed by atoms with Gasteiger partial charge in [-0.2, -0.15) is 4.31 Å². The van der Waals surface area contributed by atoms with Crippen molar-refractivity contribution in [1.82, 2.24) is 14.2 Å². The molecule has 1 amide bonds. The summed E-state index contributed by atoms with van der Waals surface area (Å²) in [6.07, 6.45) is 6.95. The second-order valence-electron chi connectivity index (χ2n) is 9.34. The van der Waals surface area contributed by atoms with Crippen LogP contribution in [0.2, 0.25) is 0 Å². The van der Waals surface area contributed by atoms with E-state index in [2.05, 4.69) is 19.2 Å². The van der Waals surface area contributed by atoms with E-state index in [0.29, 0.717) is 30.4 Å². The highest BCUT2D eigenvalue weighted by molar-refractivity contribution is 7.89. The van der Waals surface area contributed by atoms with E-state index in [9.17, 15) is 18.0 Å². The zero-order chi connectivity index (χ0) is 22.9. The second kappa shape index (κ2) is 9.39. The lowest BCUT2D eigenvalue weighted by Crippen LogP contribution is -2.45. The Balaban J connectivity index is 1.53. The second-order valence-corrected chi connectivity index (χ2v) is 11.3. The van der Waals surface area contributed by atoms with Crippen molar-refractivity contribution in [3.05, 3.63) is 28.7 Å². The third-order valence-corrected chi connectivity index (χ3v) is 9.09. The van der Waals surface area contributed by atoms with Crippen molar-refractivity contribution in [3.8, 4) is 0 Å². The number of rotatable bonds is 5. The molecule has 1 aromatic heterocycles. The standard InChI is InChI=1S/C23H33N3O5S/c1-16-8-7-9-19(17(16)2)24-22(27)15-26-20-11-10-18(14-21(20)31-23(26)28)32(29,30)25-12-5-3-4-6-13-25/h10-11,14,16-17,19H,3-9,12-13,15H2,1-2H3,(H,24,27). The Labute approximate surface area is 189 Å². The number of carbonyl (C=O) groups is 1. The molecule has 1 saturated carbocycles. The van der Waals surface area contributed by atoms with Gasteiger partial charge in [0, 0.05) is 25.2 Å². The molecule has 176 valence electrons. The number of aromatic nitrogens is 1. The summed E-state index contributed by atoms with van der Waals surface area (Å²) >= 11 is 0. The Bertz CT molecular complexity index is 1130. The number of hydrogen-bond donors (Lipinski definition) is 1. The van der Waals surface area contributed by atoms with Crippen molar-refractivity contribution >= 4 is 27.0 Å². The molecule has 2 aromatic rings. The summed E-state index contributed by atoms with van der Waals surface area (Å²) in [5.74, 6) is 0.0416. The lowest BCUT2D eigenvalue weighted by atomic mass is 9.78. The largest absolute Gasteiger partial charge is 0.420 e. The van der Waals surface area contributed by atoms with Crippen LogP contribution in [0.1, 0.15) is 58.8 Å². The van der Waals surface area contributed by atoms with Gasteiger partial charge in [0.05, 0.1) is 10.4 Å². The highest BCUT2D eigenvalue weighted by Gasteiger charge is 2.29. The Morgan fingerprint density at radius 1 is 1.09 bits per heavy atom. The van der Waals surface area contributed by atoms with Crippen LogP contribution in [0.3, 0.4) is 0 Å². The minimum atomic E-state index is -3.65. The molecule has 3 unspecified atom stereocenters. The van der Waals surface area contributed by atoms with Crippen molar-refractivity contribution in [2.75, 3.05) is 13.1 Å². The Hall–Kier alpha value is -2.13. The van der Waals surface area contributed by atoms with Crippen molar-refractivity contribution in [1.29, 1.82) is 0 Å². The summed E-state index contributed by atoms with van der Waals surface area (Å²) in [6, 6.07) is 4.56. The summed E-state index contributed by atoms with van der Waals surface area (Å²) < 4.78 is 34.2. The van der Waals surface area contributed by atoms with E-state index in [1.165, 1.54) is 27.4 Å². The number of oxazole rings is 1. The van der Waals surface area contributed by atoms with Gasteiger partial charge in [-0.05, 0) is 43.2 Å². The van der Waals surface area contributed by atoms with Crippen molar-refractivity contribution in [2.45, 2.75) is 76.3 Å². The fourth-order valence-corrected chi connectivity index (χ4v) is 6.50. The molecular weight excluding hydrogens is 430 g/mol. The third kappa shape index (κ3) is 4.64. The normalized spacial score (nSPS) is 25.5. The van der Waals surface area contributed by atoms with E-state index in [4.69, 9.17) is 4.42 Å². The van der Waals surface area contributed by atoms with Crippen LogP contribution in [-0.2, 0) is 21.4 Å². The van der Waals surface area contributed by atoms with Gasteiger partial charge >= 0.3 is 5.76 Å². The first-order chi connectivity index (χ1) is 15.3. The lowest BCUT2D eigenvalue weighted by Gasteiger charge is -2.34. The average Bonchev–Trinajstić information content (AvgIpc) is 2.93. The smallest absolute Gasteiger partial charge is 0.408 e. The van der Waals surface area contributed by atoms with Crippen LogP contribution in [0.5, 0.6) is 0 Å². The summed E-state index contributed by atoms with van der Waals surface area (Å²) in [6.45, 7) is 5.21. The lowest BCUT2D eigenvalue weighted by molar-refractivity contribution is -0.123. The summed E-state index contributed by atoms with van der Waals surface area (Å²) in [4.78, 5) is 25.2. The number of carbonyl (C=O) groups excluding carboxylic acids is 1. The van der Waals surface area contributed by atoms with Crippen LogP contribution in [0.25, 0.3) is 11.1 Å². The minimum Gasteiger partial charge on any atom is -0.408 e. The summed E-state index contributed by atoms with van der Waals surface area (Å²) in [5.41, 5.74) is 0.600. The van der Waals surface area contributed by atoms with E-state index in [-0.39, 0.29) is 29.0 Å². The number of nitrogens with one attached hydrogen (secondary N) is 1. The van der Waals surface area contributed by atoms with E-state index < -0.39 is 15.8 Å². The molecule has 2 aliphatic rings. The van der Waals surface area contributed by atoms with E-state index >= 15 is 0 Å². The Morgan fingerprint density at radius 2 is 1.81 bits per heavy atom. The molecule has 1 aromatic carbocycles. The van der Waals surface area contributed by atoms with E-state index in [1.807, 2.05) is 0 Å². The average molecular weight is 464 g/mol. The molecule has 0 bridgehead atoms. The van der Waals surface area contributed by atoms with Crippen molar-refractivity contribution in [2.24, 2.45) is 11.8 Å². The van der Waals surface area contributed by atoms with Crippen LogP contribution in [0, 0.1) is 11.8 Å². The first kappa shape index (κ1) is 23.0. The predicted octanol–water partition coefficient (Wildman–Crippen LogP) is 3.10. The number of nitrogens with zero attached hydrogens (tertiary/aromatic N) is 2. The Kier molecular flexibility index (Phi) is 6.76. The molecule has 8 nitrogen and oxygen atoms in total.